The highest BCUT2D eigenvalue weighted by Crippen LogP contribution is 2.25. The summed E-state index contributed by atoms with van der Waals surface area (Å²) in [6, 6.07) is 11.3. The molecular weight excluding hydrogens is 236 g/mol. The summed E-state index contributed by atoms with van der Waals surface area (Å²) in [5.74, 6) is 0. The first kappa shape index (κ1) is 14.5. The molecule has 0 amide bonds. The lowest BCUT2D eigenvalue weighted by molar-refractivity contribution is 0.0608. The molecule has 1 aromatic rings. The van der Waals surface area contributed by atoms with Crippen molar-refractivity contribution in [2.45, 2.75) is 32.4 Å². The quantitative estimate of drug-likeness (QED) is 0.880. The van der Waals surface area contributed by atoms with Gasteiger partial charge >= 0.3 is 0 Å². The largest absolute Gasteiger partial charge is 0.392 e. The Morgan fingerprint density at radius 2 is 1.74 bits per heavy atom. The van der Waals surface area contributed by atoms with E-state index >= 15 is 0 Å². The van der Waals surface area contributed by atoms with Crippen LogP contribution >= 0.6 is 0 Å². The maximum absolute atomic E-state index is 9.45. The summed E-state index contributed by atoms with van der Waals surface area (Å²) in [7, 11) is 0. The number of hydrogen-bond acceptors (Lipinski definition) is 3. The molecule has 1 aliphatic rings. The molecule has 1 heterocycles. The maximum atomic E-state index is 9.45. The molecule has 0 spiro atoms. The van der Waals surface area contributed by atoms with E-state index in [1.54, 1.807) is 0 Å². The lowest BCUT2D eigenvalue weighted by Crippen LogP contribution is -2.49. The molecule has 0 aliphatic carbocycles. The second kappa shape index (κ2) is 7.04. The molecule has 0 saturated carbocycles. The summed E-state index contributed by atoms with van der Waals surface area (Å²) in [5.41, 5.74) is 1.42. The normalized spacial score (nSPS) is 21.2. The van der Waals surface area contributed by atoms with Gasteiger partial charge in [0.05, 0.1) is 6.10 Å². The summed E-state index contributed by atoms with van der Waals surface area (Å²) >= 11 is 0. The third-order valence-corrected chi connectivity index (χ3v) is 3.94. The molecule has 1 aromatic carbocycles. The van der Waals surface area contributed by atoms with Crippen molar-refractivity contribution in [1.29, 1.82) is 0 Å². The number of aliphatic hydroxyl groups excluding tert-OH is 1. The van der Waals surface area contributed by atoms with Crippen LogP contribution in [0.15, 0.2) is 30.3 Å². The van der Waals surface area contributed by atoms with Crippen molar-refractivity contribution in [2.75, 3.05) is 32.7 Å². The van der Waals surface area contributed by atoms with Crippen LogP contribution in [0.25, 0.3) is 0 Å². The summed E-state index contributed by atoms with van der Waals surface area (Å²) in [6.45, 7) is 9.25. The first-order valence-electron chi connectivity index (χ1n) is 7.40. The monoisotopic (exact) mass is 262 g/mol. The Balaban J connectivity index is 1.92. The minimum Gasteiger partial charge on any atom is -0.392 e. The third kappa shape index (κ3) is 4.03. The molecule has 1 fully saturated rings. The molecular formula is C16H26N2O. The lowest BCUT2D eigenvalue weighted by Gasteiger charge is -2.39. The zero-order valence-corrected chi connectivity index (χ0v) is 12.1. The topological polar surface area (TPSA) is 26.7 Å². The molecule has 0 bridgehead atoms. The fourth-order valence-corrected chi connectivity index (χ4v) is 3.01. The molecule has 2 rings (SSSR count). The van der Waals surface area contributed by atoms with Crippen molar-refractivity contribution in [1.82, 2.24) is 9.80 Å². The van der Waals surface area contributed by atoms with Crippen molar-refractivity contribution in [2.24, 2.45) is 0 Å². The van der Waals surface area contributed by atoms with E-state index in [9.17, 15) is 5.11 Å². The maximum Gasteiger partial charge on any atom is 0.0639 e. The van der Waals surface area contributed by atoms with Crippen LogP contribution in [0, 0.1) is 0 Å². The molecule has 3 heteroatoms. The number of piperazine rings is 1. The van der Waals surface area contributed by atoms with Gasteiger partial charge in [0, 0.05) is 38.8 Å². The van der Waals surface area contributed by atoms with Gasteiger partial charge in [-0.05, 0) is 18.9 Å². The zero-order valence-electron chi connectivity index (χ0n) is 12.1. The van der Waals surface area contributed by atoms with Crippen molar-refractivity contribution in [3.63, 3.8) is 0 Å². The van der Waals surface area contributed by atoms with E-state index in [1.807, 2.05) is 6.92 Å². The molecule has 2 unspecified atom stereocenters. The zero-order chi connectivity index (χ0) is 13.7. The minimum absolute atomic E-state index is 0.220. The first-order valence-corrected chi connectivity index (χ1v) is 7.40. The molecule has 1 N–H and O–H groups in total. The molecule has 19 heavy (non-hydrogen) atoms. The van der Waals surface area contributed by atoms with Gasteiger partial charge in [-0.3, -0.25) is 9.80 Å². The van der Waals surface area contributed by atoms with Crippen LogP contribution in [0.3, 0.4) is 0 Å². The molecule has 1 saturated heterocycles. The number of β-amino-alcohol motifs (C(OH)–C–C–N with tert-alkyl or cyclic N) is 1. The number of hydrogen-bond donors (Lipinski definition) is 1. The van der Waals surface area contributed by atoms with Crippen molar-refractivity contribution in [3.8, 4) is 0 Å². The van der Waals surface area contributed by atoms with E-state index in [2.05, 4.69) is 47.1 Å². The van der Waals surface area contributed by atoms with Crippen LogP contribution in [0.4, 0.5) is 0 Å². The Hall–Kier alpha value is -0.900. The van der Waals surface area contributed by atoms with Crippen LogP contribution in [-0.2, 0) is 0 Å². The van der Waals surface area contributed by atoms with Gasteiger partial charge in [0.15, 0.2) is 0 Å². The highest BCUT2D eigenvalue weighted by molar-refractivity contribution is 5.19. The van der Waals surface area contributed by atoms with E-state index in [-0.39, 0.29) is 6.10 Å². The molecule has 106 valence electrons. The Labute approximate surface area is 116 Å². The van der Waals surface area contributed by atoms with E-state index in [0.717, 1.165) is 39.1 Å². The van der Waals surface area contributed by atoms with Gasteiger partial charge in [0.2, 0.25) is 0 Å². The van der Waals surface area contributed by atoms with Crippen LogP contribution in [-0.4, -0.2) is 53.7 Å². The summed E-state index contributed by atoms with van der Waals surface area (Å²) in [4.78, 5) is 4.94. The standard InChI is InChI=1S/C16H26N2O/c1-3-16(15-7-5-4-6-8-15)18-11-9-17(10-12-18)13-14(2)19/h4-8,14,16,19H,3,9-13H2,1-2H3. The van der Waals surface area contributed by atoms with E-state index < -0.39 is 0 Å². The first-order chi connectivity index (χ1) is 9.20. The number of benzene rings is 1. The van der Waals surface area contributed by atoms with Gasteiger partial charge in [-0.2, -0.15) is 0 Å². The highest BCUT2D eigenvalue weighted by Gasteiger charge is 2.23. The fraction of sp³-hybridized carbons (Fsp3) is 0.625. The predicted molar refractivity (Wildman–Crippen MR) is 79.2 cm³/mol. The van der Waals surface area contributed by atoms with Gasteiger partial charge in [0.25, 0.3) is 0 Å². The number of rotatable bonds is 5. The second-order valence-corrected chi connectivity index (χ2v) is 5.52. The van der Waals surface area contributed by atoms with Crippen LogP contribution in [0.1, 0.15) is 31.9 Å². The Morgan fingerprint density at radius 1 is 1.11 bits per heavy atom. The number of aliphatic hydroxyl groups is 1. The molecule has 1 aliphatic heterocycles. The van der Waals surface area contributed by atoms with Crippen LogP contribution in [0.5, 0.6) is 0 Å². The Bertz CT molecular complexity index is 358. The highest BCUT2D eigenvalue weighted by atomic mass is 16.3. The summed E-state index contributed by atoms with van der Waals surface area (Å²) in [5, 5.41) is 9.45. The SMILES string of the molecule is CCC(c1ccccc1)N1CCN(CC(C)O)CC1. The van der Waals surface area contributed by atoms with Gasteiger partial charge in [-0.1, -0.05) is 37.3 Å². The Morgan fingerprint density at radius 3 is 2.26 bits per heavy atom. The van der Waals surface area contributed by atoms with E-state index in [4.69, 9.17) is 0 Å². The summed E-state index contributed by atoms with van der Waals surface area (Å²) in [6.07, 6.45) is 0.933. The van der Waals surface area contributed by atoms with Gasteiger partial charge < -0.3 is 5.11 Å². The molecule has 2 atom stereocenters. The van der Waals surface area contributed by atoms with Crippen LogP contribution in [0.2, 0.25) is 0 Å². The van der Waals surface area contributed by atoms with Crippen molar-refractivity contribution >= 4 is 0 Å². The molecule has 0 radical (unpaired) electrons. The smallest absolute Gasteiger partial charge is 0.0639 e. The van der Waals surface area contributed by atoms with Crippen LogP contribution < -0.4 is 0 Å². The second-order valence-electron chi connectivity index (χ2n) is 5.52. The fourth-order valence-electron chi connectivity index (χ4n) is 3.01. The van der Waals surface area contributed by atoms with Gasteiger partial charge in [0.1, 0.15) is 0 Å². The van der Waals surface area contributed by atoms with Crippen molar-refractivity contribution < 1.29 is 5.11 Å². The van der Waals surface area contributed by atoms with Gasteiger partial charge in [-0.15, -0.1) is 0 Å². The van der Waals surface area contributed by atoms with Crippen molar-refractivity contribution in [3.05, 3.63) is 35.9 Å². The lowest BCUT2D eigenvalue weighted by atomic mass is 10.0. The summed E-state index contributed by atoms with van der Waals surface area (Å²) < 4.78 is 0. The van der Waals surface area contributed by atoms with E-state index in [0.29, 0.717) is 6.04 Å². The average molecular weight is 262 g/mol. The van der Waals surface area contributed by atoms with E-state index in [1.165, 1.54) is 5.56 Å². The third-order valence-electron chi connectivity index (χ3n) is 3.94. The predicted octanol–water partition coefficient (Wildman–Crippen LogP) is 2.14. The van der Waals surface area contributed by atoms with Gasteiger partial charge in [-0.25, -0.2) is 0 Å². The Kier molecular flexibility index (Phi) is 5.37. The number of nitrogens with zero attached hydrogens (tertiary/aromatic N) is 2. The molecule has 0 aromatic heterocycles. The minimum atomic E-state index is -0.220. The average Bonchev–Trinajstić information content (AvgIpc) is 2.42. The molecule has 3 nitrogen and oxygen atoms in total.